The standard InChI is InChI=1S/C27H46O9S2/c1-17(2)6-5-7-18(16-35-37(29,30)31)22-10-11-23-21-9-8-19-14-20(36-38(32,33)34)12-13-26(19,3)25(21)24(28)15-27(22,23)4/h8,17-18,20-25,28H,5-7,9-16H2,1-4H3,(H,29,30,31)(H,32,33,34)/t18-,20+,21?,22+,23?,24?,25?,26-,27+/m0/s1. The summed E-state index contributed by atoms with van der Waals surface area (Å²) in [5, 5.41) is 11.7. The van der Waals surface area contributed by atoms with E-state index in [0.29, 0.717) is 37.5 Å². The molecule has 0 aromatic heterocycles. The molecule has 9 atom stereocenters. The molecule has 4 unspecified atom stereocenters. The van der Waals surface area contributed by atoms with E-state index in [-0.39, 0.29) is 41.1 Å². The summed E-state index contributed by atoms with van der Waals surface area (Å²) in [5.41, 5.74) is 0.688. The maximum absolute atomic E-state index is 11.7. The van der Waals surface area contributed by atoms with Crippen LogP contribution in [0, 0.1) is 46.3 Å². The molecule has 3 N–H and O–H groups in total. The third-order valence-corrected chi connectivity index (χ3v) is 11.6. The molecule has 0 aliphatic heterocycles. The molecule has 11 heteroatoms. The van der Waals surface area contributed by atoms with Crippen LogP contribution in [0.25, 0.3) is 0 Å². The second-order valence-corrected chi connectivity index (χ2v) is 15.5. The van der Waals surface area contributed by atoms with Crippen molar-refractivity contribution < 1.29 is 39.4 Å². The molecule has 3 saturated carbocycles. The number of aliphatic hydroxyl groups excluding tert-OH is 1. The summed E-state index contributed by atoms with van der Waals surface area (Å²) in [6.07, 6.45) is 8.91. The summed E-state index contributed by atoms with van der Waals surface area (Å²) in [6, 6.07) is 0. The van der Waals surface area contributed by atoms with E-state index < -0.39 is 33.0 Å². The quantitative estimate of drug-likeness (QED) is 0.241. The molecule has 0 spiro atoms. The monoisotopic (exact) mass is 578 g/mol. The van der Waals surface area contributed by atoms with Gasteiger partial charge in [-0.25, -0.2) is 8.37 Å². The molecule has 38 heavy (non-hydrogen) atoms. The SMILES string of the molecule is CC(C)CCC[C@@H](COS(=O)(=O)O)[C@H]1CCC2C3CC=C4C[C@H](OS(=O)(=O)O)CC[C@]4(C)C3C(O)C[C@@]21C. The largest absolute Gasteiger partial charge is 0.397 e. The highest BCUT2D eigenvalue weighted by atomic mass is 32.3. The smallest absolute Gasteiger partial charge is 0.393 e. The van der Waals surface area contributed by atoms with Gasteiger partial charge in [0.1, 0.15) is 0 Å². The van der Waals surface area contributed by atoms with Crippen LogP contribution < -0.4 is 0 Å². The molecule has 4 aliphatic carbocycles. The van der Waals surface area contributed by atoms with Gasteiger partial charge in [0.05, 0.1) is 18.8 Å². The molecule has 4 aliphatic rings. The maximum atomic E-state index is 11.7. The average Bonchev–Trinajstić information content (AvgIpc) is 3.10. The van der Waals surface area contributed by atoms with Gasteiger partial charge in [0, 0.05) is 0 Å². The molecule has 0 heterocycles. The fourth-order valence-electron chi connectivity index (χ4n) is 9.19. The highest BCUT2D eigenvalue weighted by Crippen LogP contribution is 2.67. The van der Waals surface area contributed by atoms with E-state index in [1.165, 1.54) is 0 Å². The van der Waals surface area contributed by atoms with Gasteiger partial charge in [-0.1, -0.05) is 52.2 Å². The molecule has 3 fully saturated rings. The van der Waals surface area contributed by atoms with Crippen LogP contribution in [0.5, 0.6) is 0 Å². The van der Waals surface area contributed by atoms with Crippen LogP contribution in [0.2, 0.25) is 0 Å². The minimum Gasteiger partial charge on any atom is -0.393 e. The number of hydrogen-bond donors (Lipinski definition) is 3. The van der Waals surface area contributed by atoms with Crippen molar-refractivity contribution in [2.75, 3.05) is 6.61 Å². The van der Waals surface area contributed by atoms with Crippen molar-refractivity contribution >= 4 is 20.8 Å². The van der Waals surface area contributed by atoms with E-state index in [1.807, 2.05) is 0 Å². The van der Waals surface area contributed by atoms with Gasteiger partial charge >= 0.3 is 20.8 Å². The Morgan fingerprint density at radius 1 is 1.05 bits per heavy atom. The predicted molar refractivity (Wildman–Crippen MR) is 143 cm³/mol. The van der Waals surface area contributed by atoms with E-state index in [4.69, 9.17) is 12.9 Å². The minimum atomic E-state index is -4.53. The summed E-state index contributed by atoms with van der Waals surface area (Å²) >= 11 is 0. The molecule has 0 aromatic rings. The van der Waals surface area contributed by atoms with Crippen molar-refractivity contribution in [3.8, 4) is 0 Å². The van der Waals surface area contributed by atoms with E-state index in [9.17, 15) is 26.5 Å². The van der Waals surface area contributed by atoms with Crippen LogP contribution in [0.3, 0.4) is 0 Å². The lowest BCUT2D eigenvalue weighted by atomic mass is 9.46. The molecule has 0 saturated heterocycles. The fourth-order valence-corrected chi connectivity index (χ4v) is 10.0. The van der Waals surface area contributed by atoms with Crippen LogP contribution in [0.1, 0.15) is 91.9 Å². The molecular weight excluding hydrogens is 532 g/mol. The molecule has 0 aromatic carbocycles. The normalized spacial score (nSPS) is 40.3. The summed E-state index contributed by atoms with van der Waals surface area (Å²) in [4.78, 5) is 0. The minimum absolute atomic E-state index is 0.0206. The van der Waals surface area contributed by atoms with Gasteiger partial charge in [-0.2, -0.15) is 16.8 Å². The van der Waals surface area contributed by atoms with Crippen LogP contribution in [0.4, 0.5) is 0 Å². The second kappa shape index (κ2) is 11.0. The van der Waals surface area contributed by atoms with Crippen molar-refractivity contribution in [2.24, 2.45) is 46.3 Å². The number of fused-ring (bicyclic) bond motifs is 5. The number of rotatable bonds is 10. The van der Waals surface area contributed by atoms with Gasteiger partial charge in [-0.05, 0) is 97.7 Å². The van der Waals surface area contributed by atoms with Crippen LogP contribution >= 0.6 is 0 Å². The predicted octanol–water partition coefficient (Wildman–Crippen LogP) is 4.99. The Kier molecular flexibility index (Phi) is 8.82. The fraction of sp³-hybridized carbons (Fsp3) is 0.926. The Morgan fingerprint density at radius 3 is 2.39 bits per heavy atom. The number of hydrogen-bond acceptors (Lipinski definition) is 7. The lowest BCUT2D eigenvalue weighted by Gasteiger charge is -2.60. The van der Waals surface area contributed by atoms with E-state index in [2.05, 4.69) is 33.8 Å². The van der Waals surface area contributed by atoms with Gasteiger partial charge in [0.15, 0.2) is 0 Å². The second-order valence-electron chi connectivity index (χ2n) is 13.3. The first-order chi connectivity index (χ1) is 17.5. The highest BCUT2D eigenvalue weighted by Gasteiger charge is 2.62. The molecule has 0 radical (unpaired) electrons. The third-order valence-electron chi connectivity index (χ3n) is 10.7. The summed E-state index contributed by atoms with van der Waals surface area (Å²) < 4.78 is 73.7. The zero-order chi connectivity index (χ0) is 28.1. The summed E-state index contributed by atoms with van der Waals surface area (Å²) in [5.74, 6) is 1.42. The van der Waals surface area contributed by atoms with Crippen LogP contribution in [0.15, 0.2) is 11.6 Å². The Morgan fingerprint density at radius 2 is 1.76 bits per heavy atom. The van der Waals surface area contributed by atoms with Crippen molar-refractivity contribution in [3.05, 3.63) is 11.6 Å². The maximum Gasteiger partial charge on any atom is 0.397 e. The molecule has 9 nitrogen and oxygen atoms in total. The number of aliphatic hydroxyl groups is 1. The van der Waals surface area contributed by atoms with E-state index in [1.54, 1.807) is 0 Å². The molecule has 220 valence electrons. The Balaban J connectivity index is 1.56. The molecule has 0 amide bonds. The first kappa shape index (κ1) is 30.4. The summed E-state index contributed by atoms with van der Waals surface area (Å²) in [6.45, 7) is 8.75. The van der Waals surface area contributed by atoms with Gasteiger partial charge in [-0.15, -0.1) is 0 Å². The van der Waals surface area contributed by atoms with Crippen LogP contribution in [-0.2, 0) is 29.2 Å². The highest BCUT2D eigenvalue weighted by molar-refractivity contribution is 7.81. The van der Waals surface area contributed by atoms with Gasteiger partial charge in [-0.3, -0.25) is 9.11 Å². The Bertz CT molecular complexity index is 1100. The van der Waals surface area contributed by atoms with Crippen LogP contribution in [-0.4, -0.2) is 49.9 Å². The summed E-state index contributed by atoms with van der Waals surface area (Å²) in [7, 11) is -9.04. The first-order valence-electron chi connectivity index (χ1n) is 14.2. The Labute approximate surface area is 228 Å². The zero-order valence-electron chi connectivity index (χ0n) is 23.1. The van der Waals surface area contributed by atoms with E-state index >= 15 is 0 Å². The first-order valence-corrected chi connectivity index (χ1v) is 16.9. The lowest BCUT2D eigenvalue weighted by Crippen LogP contribution is -2.57. The van der Waals surface area contributed by atoms with Crippen molar-refractivity contribution in [3.63, 3.8) is 0 Å². The lowest BCUT2D eigenvalue weighted by molar-refractivity contribution is -0.131. The molecular formula is C27H46O9S2. The topological polar surface area (TPSA) is 147 Å². The Hall–Kier alpha value is -0.560. The molecule has 0 bridgehead atoms. The average molecular weight is 579 g/mol. The van der Waals surface area contributed by atoms with Gasteiger partial charge in [0.25, 0.3) is 0 Å². The van der Waals surface area contributed by atoms with Crippen molar-refractivity contribution in [2.45, 2.75) is 104 Å². The van der Waals surface area contributed by atoms with Gasteiger partial charge in [0.2, 0.25) is 0 Å². The van der Waals surface area contributed by atoms with E-state index in [0.717, 1.165) is 44.1 Å². The molecule has 4 rings (SSSR count). The van der Waals surface area contributed by atoms with Crippen molar-refractivity contribution in [1.82, 2.24) is 0 Å². The van der Waals surface area contributed by atoms with Crippen molar-refractivity contribution in [1.29, 1.82) is 0 Å². The number of allylic oxidation sites excluding steroid dienone is 1. The zero-order valence-corrected chi connectivity index (χ0v) is 24.7. The van der Waals surface area contributed by atoms with Gasteiger partial charge < -0.3 is 5.11 Å². The third kappa shape index (κ3) is 6.34.